The molecular weight excluding hydrogens is 333 g/mol. The van der Waals surface area contributed by atoms with E-state index >= 15 is 0 Å². The molecule has 0 spiro atoms. The molecule has 1 amide bonds. The molecule has 0 saturated carbocycles. The Morgan fingerprint density at radius 1 is 1.19 bits per heavy atom. The third kappa shape index (κ3) is 4.16. The van der Waals surface area contributed by atoms with Crippen LogP contribution in [0.4, 0.5) is 0 Å². The highest BCUT2D eigenvalue weighted by atomic mass is 16.7. The third-order valence-corrected chi connectivity index (χ3v) is 4.96. The molecule has 0 radical (unpaired) electrons. The smallest absolute Gasteiger partial charge is 0.478 e. The van der Waals surface area contributed by atoms with Gasteiger partial charge in [0.05, 0.1) is 16.8 Å². The summed E-state index contributed by atoms with van der Waals surface area (Å²) in [4.78, 5) is 23.0. The first-order valence-corrected chi connectivity index (χ1v) is 8.58. The average molecular weight is 359 g/mol. The second-order valence-electron chi connectivity index (χ2n) is 7.56. The number of carboxylic acid groups (broad SMARTS) is 1. The van der Waals surface area contributed by atoms with Gasteiger partial charge in [-0.2, -0.15) is 0 Å². The number of rotatable bonds is 5. The van der Waals surface area contributed by atoms with Crippen LogP contribution in [0.5, 0.6) is 0 Å². The van der Waals surface area contributed by atoms with Gasteiger partial charge < -0.3 is 19.7 Å². The molecule has 1 aliphatic heterocycles. The van der Waals surface area contributed by atoms with E-state index in [0.29, 0.717) is 16.6 Å². The van der Waals surface area contributed by atoms with Crippen LogP contribution in [0.2, 0.25) is 0 Å². The van der Waals surface area contributed by atoms with Gasteiger partial charge in [-0.25, -0.2) is 4.79 Å². The predicted molar refractivity (Wildman–Crippen MR) is 101 cm³/mol. The fourth-order valence-corrected chi connectivity index (χ4v) is 2.73. The highest BCUT2D eigenvalue weighted by Gasteiger charge is 2.52. The first kappa shape index (κ1) is 20.2. The first-order valence-electron chi connectivity index (χ1n) is 8.58. The number of benzene rings is 1. The summed E-state index contributed by atoms with van der Waals surface area (Å²) >= 11 is 0. The summed E-state index contributed by atoms with van der Waals surface area (Å²) in [5, 5.41) is 12.3. The molecule has 2 rings (SSSR count). The van der Waals surface area contributed by atoms with Crippen molar-refractivity contribution in [3.8, 4) is 0 Å². The average Bonchev–Trinajstić information content (AvgIpc) is 2.71. The highest BCUT2D eigenvalue weighted by molar-refractivity contribution is 6.56. The van der Waals surface area contributed by atoms with Gasteiger partial charge in [-0.1, -0.05) is 24.3 Å². The monoisotopic (exact) mass is 359 g/mol. The molecule has 2 N–H and O–H groups in total. The lowest BCUT2D eigenvalue weighted by Crippen LogP contribution is -2.41. The molecule has 0 aliphatic carbocycles. The van der Waals surface area contributed by atoms with E-state index in [4.69, 9.17) is 9.31 Å². The normalized spacial score (nSPS) is 18.7. The van der Waals surface area contributed by atoms with Crippen LogP contribution in [0, 0.1) is 6.92 Å². The summed E-state index contributed by atoms with van der Waals surface area (Å²) in [6.45, 7) is 11.2. The van der Waals surface area contributed by atoms with Crippen molar-refractivity contribution in [2.24, 2.45) is 0 Å². The van der Waals surface area contributed by atoms with Gasteiger partial charge in [0, 0.05) is 13.5 Å². The minimum Gasteiger partial charge on any atom is -0.478 e. The standard InChI is InChI=1S/C19H26BNO5/c1-12-8-7-9-14(16(12)17(23)24)10-15(11-21-13(2)22)20-25-18(3,4)19(5,6)26-20/h7-10H,11H2,1-6H3,(H,21,22)(H,23,24). The Labute approximate surface area is 154 Å². The van der Waals surface area contributed by atoms with E-state index in [0.717, 1.165) is 0 Å². The molecule has 1 fully saturated rings. The van der Waals surface area contributed by atoms with E-state index in [1.54, 1.807) is 31.2 Å². The van der Waals surface area contributed by atoms with Crippen LogP contribution in [0.1, 0.15) is 56.1 Å². The van der Waals surface area contributed by atoms with Crippen LogP contribution < -0.4 is 5.32 Å². The molecule has 26 heavy (non-hydrogen) atoms. The van der Waals surface area contributed by atoms with Crippen LogP contribution in [-0.4, -0.2) is 41.8 Å². The molecule has 0 aromatic heterocycles. The third-order valence-electron chi connectivity index (χ3n) is 4.96. The van der Waals surface area contributed by atoms with E-state index in [-0.39, 0.29) is 18.0 Å². The van der Waals surface area contributed by atoms with E-state index in [1.165, 1.54) is 6.92 Å². The molecule has 1 aromatic rings. The van der Waals surface area contributed by atoms with Crippen molar-refractivity contribution >= 4 is 25.1 Å². The molecule has 1 aliphatic rings. The topological polar surface area (TPSA) is 84.9 Å². The number of hydrogen-bond acceptors (Lipinski definition) is 4. The zero-order valence-corrected chi connectivity index (χ0v) is 16.2. The summed E-state index contributed by atoms with van der Waals surface area (Å²) in [5.74, 6) is -1.18. The van der Waals surface area contributed by atoms with Crippen molar-refractivity contribution in [1.82, 2.24) is 5.32 Å². The van der Waals surface area contributed by atoms with Gasteiger partial charge in [-0.3, -0.25) is 4.79 Å². The number of amides is 1. The lowest BCUT2D eigenvalue weighted by atomic mass is 9.76. The molecule has 0 atom stereocenters. The second kappa shape index (κ2) is 7.25. The van der Waals surface area contributed by atoms with Crippen molar-refractivity contribution < 1.29 is 24.0 Å². The molecular formula is C19H26BNO5. The summed E-state index contributed by atoms with van der Waals surface area (Å²) in [6, 6.07) is 5.28. The van der Waals surface area contributed by atoms with E-state index in [9.17, 15) is 14.7 Å². The molecule has 1 aromatic carbocycles. The Balaban J connectivity index is 2.47. The Bertz CT molecular complexity index is 738. The number of nitrogens with one attached hydrogen (secondary N) is 1. The highest BCUT2D eigenvalue weighted by Crippen LogP contribution is 2.38. The quantitative estimate of drug-likeness (QED) is 0.790. The van der Waals surface area contributed by atoms with Gasteiger partial charge in [-0.15, -0.1) is 0 Å². The van der Waals surface area contributed by atoms with Crippen molar-refractivity contribution in [2.45, 2.75) is 52.7 Å². The minimum atomic E-state index is -0.998. The Morgan fingerprint density at radius 2 is 1.77 bits per heavy atom. The van der Waals surface area contributed by atoms with Crippen molar-refractivity contribution in [3.05, 3.63) is 40.4 Å². The van der Waals surface area contributed by atoms with E-state index < -0.39 is 24.3 Å². The van der Waals surface area contributed by atoms with Gasteiger partial charge in [0.1, 0.15) is 0 Å². The zero-order valence-electron chi connectivity index (χ0n) is 16.2. The second-order valence-corrected chi connectivity index (χ2v) is 7.56. The summed E-state index contributed by atoms with van der Waals surface area (Å²) in [5.41, 5.74) is 1.03. The molecule has 140 valence electrons. The minimum absolute atomic E-state index is 0.185. The van der Waals surface area contributed by atoms with Crippen LogP contribution in [-0.2, 0) is 14.1 Å². The lowest BCUT2D eigenvalue weighted by molar-refractivity contribution is -0.118. The van der Waals surface area contributed by atoms with Crippen LogP contribution in [0.15, 0.2) is 23.7 Å². The number of carbonyl (C=O) groups is 2. The number of carboxylic acids is 1. The molecule has 1 heterocycles. The summed E-state index contributed by atoms with van der Waals surface area (Å²) < 4.78 is 12.1. The fourth-order valence-electron chi connectivity index (χ4n) is 2.73. The fraction of sp³-hybridized carbons (Fsp3) is 0.474. The number of aryl methyl sites for hydroxylation is 1. The van der Waals surface area contributed by atoms with Gasteiger partial charge in [0.25, 0.3) is 0 Å². The molecule has 0 unspecified atom stereocenters. The van der Waals surface area contributed by atoms with Crippen molar-refractivity contribution in [1.29, 1.82) is 0 Å². The van der Waals surface area contributed by atoms with Crippen LogP contribution >= 0.6 is 0 Å². The van der Waals surface area contributed by atoms with Crippen LogP contribution in [0.25, 0.3) is 6.08 Å². The largest absolute Gasteiger partial charge is 0.492 e. The zero-order chi connectivity index (χ0) is 19.7. The Kier molecular flexibility index (Phi) is 5.63. The Morgan fingerprint density at radius 3 is 2.27 bits per heavy atom. The van der Waals surface area contributed by atoms with Crippen molar-refractivity contribution in [2.75, 3.05) is 6.54 Å². The predicted octanol–water partition coefficient (Wildman–Crippen LogP) is 2.84. The van der Waals surface area contributed by atoms with Crippen molar-refractivity contribution in [3.63, 3.8) is 0 Å². The molecule has 6 nitrogen and oxygen atoms in total. The number of aromatic carboxylic acids is 1. The maximum atomic E-state index is 11.7. The molecule has 1 saturated heterocycles. The van der Waals surface area contributed by atoms with E-state index in [1.807, 2.05) is 27.7 Å². The van der Waals surface area contributed by atoms with Gasteiger partial charge in [0.2, 0.25) is 5.91 Å². The van der Waals surface area contributed by atoms with Gasteiger partial charge in [-0.05, 0) is 51.2 Å². The maximum Gasteiger partial charge on any atom is 0.492 e. The Hall–Kier alpha value is -2.12. The van der Waals surface area contributed by atoms with E-state index in [2.05, 4.69) is 5.32 Å². The first-order chi connectivity index (χ1) is 11.9. The summed E-state index contributed by atoms with van der Waals surface area (Å²) in [6.07, 6.45) is 1.73. The molecule has 7 heteroatoms. The SMILES string of the molecule is CC(=O)NCC(=Cc1cccc(C)c1C(=O)O)B1OC(C)(C)C(C)(C)O1. The van der Waals surface area contributed by atoms with Crippen LogP contribution in [0.3, 0.4) is 0 Å². The number of hydrogen-bond donors (Lipinski definition) is 2. The molecule has 0 bridgehead atoms. The van der Waals surface area contributed by atoms with Gasteiger partial charge >= 0.3 is 13.1 Å². The summed E-state index contributed by atoms with van der Waals surface area (Å²) in [7, 11) is -0.672. The van der Waals surface area contributed by atoms with Gasteiger partial charge in [0.15, 0.2) is 0 Å². The number of carbonyl (C=O) groups excluding carboxylic acids is 1. The lowest BCUT2D eigenvalue weighted by Gasteiger charge is -2.32. The maximum absolute atomic E-state index is 11.7.